The third kappa shape index (κ3) is 4.09. The summed E-state index contributed by atoms with van der Waals surface area (Å²) in [4.78, 5) is 26.9. The molecule has 0 unspecified atom stereocenters. The van der Waals surface area contributed by atoms with Crippen LogP contribution in [0.25, 0.3) is 10.8 Å². The first-order valence-corrected chi connectivity index (χ1v) is 9.59. The van der Waals surface area contributed by atoms with Crippen LogP contribution in [0.2, 0.25) is 0 Å². The first kappa shape index (κ1) is 16.4. The van der Waals surface area contributed by atoms with Crippen molar-refractivity contribution in [3.05, 3.63) is 36.0 Å². The molecule has 6 nitrogen and oxygen atoms in total. The molecule has 1 fully saturated rings. The van der Waals surface area contributed by atoms with Crippen LogP contribution in [0.15, 0.2) is 30.5 Å². The van der Waals surface area contributed by atoms with E-state index in [1.54, 1.807) is 0 Å². The Hall–Kier alpha value is -1.46. The summed E-state index contributed by atoms with van der Waals surface area (Å²) >= 11 is 0. The molecule has 3 rings (SSSR count). The third-order valence-corrected chi connectivity index (χ3v) is 5.06. The number of pyridine rings is 1. The second kappa shape index (κ2) is 6.57. The van der Waals surface area contributed by atoms with E-state index in [0.717, 1.165) is 37.4 Å². The Morgan fingerprint density at radius 2 is 1.91 bits per heavy atom. The van der Waals surface area contributed by atoms with Gasteiger partial charge in [0.1, 0.15) is 5.82 Å². The van der Waals surface area contributed by atoms with Crippen LogP contribution in [0.4, 0.5) is 5.82 Å². The molecule has 2 heterocycles. The maximum absolute atomic E-state index is 11.0. The number of anilines is 1. The molecule has 1 aliphatic heterocycles. The fourth-order valence-corrected chi connectivity index (χ4v) is 3.53. The molecule has 0 aliphatic carbocycles. The highest BCUT2D eigenvalue weighted by Gasteiger charge is 2.22. The highest BCUT2D eigenvalue weighted by Crippen LogP contribution is 2.34. The Morgan fingerprint density at radius 3 is 2.61 bits per heavy atom. The van der Waals surface area contributed by atoms with Crippen LogP contribution < -0.4 is 4.90 Å². The van der Waals surface area contributed by atoms with Gasteiger partial charge in [0.25, 0.3) is 0 Å². The smallest absolute Gasteiger partial charge is 0.326 e. The maximum atomic E-state index is 11.0. The summed E-state index contributed by atoms with van der Waals surface area (Å²) in [7, 11) is -3.91. The molecule has 2 N–H and O–H groups in total. The predicted molar refractivity (Wildman–Crippen MR) is 92.0 cm³/mol. The minimum absolute atomic E-state index is 0.0706. The number of piperazine rings is 1. The molecule has 0 amide bonds. The van der Waals surface area contributed by atoms with Gasteiger partial charge in [0.05, 0.1) is 6.16 Å². The Bertz CT molecular complexity index is 738. The number of hydrogen-bond donors (Lipinski definition) is 2. The van der Waals surface area contributed by atoms with E-state index in [-0.39, 0.29) is 6.16 Å². The normalized spacial score (nSPS) is 16.9. The highest BCUT2D eigenvalue weighted by molar-refractivity contribution is 7.51. The Balaban J connectivity index is 1.69. The highest BCUT2D eigenvalue weighted by atomic mass is 31.2. The van der Waals surface area contributed by atoms with Gasteiger partial charge in [-0.15, -0.1) is 0 Å². The SMILES string of the molecule is Cc1ccc2c(N3CCN(CCP(=O)(O)O)CC3)nccc2c1. The van der Waals surface area contributed by atoms with Gasteiger partial charge in [-0.25, -0.2) is 4.98 Å². The molecule has 124 valence electrons. The van der Waals surface area contributed by atoms with Crippen molar-refractivity contribution in [3.63, 3.8) is 0 Å². The van der Waals surface area contributed by atoms with Crippen LogP contribution >= 0.6 is 7.60 Å². The molecule has 1 aliphatic rings. The third-order valence-electron chi connectivity index (χ3n) is 4.28. The predicted octanol–water partition coefficient (Wildman–Crippen LogP) is 1.84. The fraction of sp³-hybridized carbons (Fsp3) is 0.438. The van der Waals surface area contributed by atoms with Crippen molar-refractivity contribution in [2.45, 2.75) is 6.92 Å². The average Bonchev–Trinajstić information content (AvgIpc) is 2.52. The van der Waals surface area contributed by atoms with E-state index in [1.165, 1.54) is 10.9 Å². The monoisotopic (exact) mass is 335 g/mol. The summed E-state index contributed by atoms with van der Waals surface area (Å²) in [6.07, 6.45) is 1.77. The first-order valence-electron chi connectivity index (χ1n) is 7.80. The summed E-state index contributed by atoms with van der Waals surface area (Å²) < 4.78 is 11.0. The van der Waals surface area contributed by atoms with Crippen LogP contribution in [0, 0.1) is 6.92 Å². The van der Waals surface area contributed by atoms with Gasteiger partial charge in [-0.3, -0.25) is 9.46 Å². The van der Waals surface area contributed by atoms with Gasteiger partial charge in [-0.05, 0) is 18.4 Å². The summed E-state index contributed by atoms with van der Waals surface area (Å²) in [5.41, 5.74) is 1.23. The van der Waals surface area contributed by atoms with Gasteiger partial charge in [-0.2, -0.15) is 0 Å². The number of hydrogen-bond acceptors (Lipinski definition) is 4. The molecule has 0 radical (unpaired) electrons. The van der Waals surface area contributed by atoms with Crippen molar-refractivity contribution in [1.29, 1.82) is 0 Å². The summed E-state index contributed by atoms with van der Waals surface area (Å²) in [6, 6.07) is 8.41. The van der Waals surface area contributed by atoms with Crippen molar-refractivity contribution in [3.8, 4) is 0 Å². The second-order valence-corrected chi connectivity index (χ2v) is 7.85. The Labute approximate surface area is 135 Å². The molecule has 7 heteroatoms. The fourth-order valence-electron chi connectivity index (χ4n) is 2.99. The van der Waals surface area contributed by atoms with Crippen LogP contribution in [0.1, 0.15) is 5.56 Å². The molecule has 0 bridgehead atoms. The van der Waals surface area contributed by atoms with Gasteiger partial charge in [-0.1, -0.05) is 23.8 Å². The van der Waals surface area contributed by atoms with Gasteiger partial charge in [0.2, 0.25) is 0 Å². The minimum atomic E-state index is -3.91. The lowest BCUT2D eigenvalue weighted by molar-refractivity contribution is 0.264. The number of benzene rings is 1. The van der Waals surface area contributed by atoms with E-state index >= 15 is 0 Å². The summed E-state index contributed by atoms with van der Waals surface area (Å²) in [5, 5.41) is 2.35. The van der Waals surface area contributed by atoms with E-state index in [4.69, 9.17) is 9.79 Å². The number of rotatable bonds is 4. The number of fused-ring (bicyclic) bond motifs is 1. The van der Waals surface area contributed by atoms with Gasteiger partial charge < -0.3 is 14.7 Å². The number of nitrogens with zero attached hydrogens (tertiary/aromatic N) is 3. The molecular formula is C16H22N3O3P. The second-order valence-electron chi connectivity index (χ2n) is 6.08. The Morgan fingerprint density at radius 1 is 1.17 bits per heavy atom. The first-order chi connectivity index (χ1) is 10.9. The van der Waals surface area contributed by atoms with Crippen LogP contribution in [-0.2, 0) is 4.57 Å². The van der Waals surface area contributed by atoms with Gasteiger partial charge >= 0.3 is 7.60 Å². The molecular weight excluding hydrogens is 313 g/mol. The summed E-state index contributed by atoms with van der Waals surface area (Å²) in [6.45, 7) is 5.76. The van der Waals surface area contributed by atoms with Crippen molar-refractivity contribution in [2.24, 2.45) is 0 Å². The Kier molecular flexibility index (Phi) is 4.69. The van der Waals surface area contributed by atoms with Crippen molar-refractivity contribution >= 4 is 24.2 Å². The number of aryl methyl sites for hydroxylation is 1. The lowest BCUT2D eigenvalue weighted by Gasteiger charge is -2.35. The molecule has 0 spiro atoms. The number of aromatic nitrogens is 1. The van der Waals surface area contributed by atoms with Gasteiger partial charge in [0.15, 0.2) is 0 Å². The topological polar surface area (TPSA) is 76.9 Å². The minimum Gasteiger partial charge on any atom is -0.354 e. The van der Waals surface area contributed by atoms with E-state index in [9.17, 15) is 4.57 Å². The summed E-state index contributed by atoms with van der Waals surface area (Å²) in [5.74, 6) is 0.997. The molecule has 0 atom stereocenters. The standard InChI is InChI=1S/C16H22N3O3P/c1-13-2-3-15-14(12-13)4-5-17-16(15)19-8-6-18(7-9-19)10-11-23(20,21)22/h2-5,12H,6-11H2,1H3,(H2,20,21,22). The molecule has 1 aromatic heterocycles. The molecule has 2 aromatic rings. The zero-order valence-electron chi connectivity index (χ0n) is 13.2. The van der Waals surface area contributed by atoms with Crippen LogP contribution in [-0.4, -0.2) is 58.6 Å². The molecule has 1 aromatic carbocycles. The zero-order chi connectivity index (χ0) is 16.4. The van der Waals surface area contributed by atoms with Crippen LogP contribution in [0.3, 0.4) is 0 Å². The van der Waals surface area contributed by atoms with Gasteiger partial charge in [0, 0.05) is 44.3 Å². The molecule has 1 saturated heterocycles. The van der Waals surface area contributed by atoms with E-state index in [0.29, 0.717) is 6.54 Å². The van der Waals surface area contributed by atoms with E-state index in [2.05, 4.69) is 39.9 Å². The maximum Gasteiger partial charge on any atom is 0.326 e. The van der Waals surface area contributed by atoms with E-state index in [1.807, 2.05) is 12.3 Å². The average molecular weight is 335 g/mol. The largest absolute Gasteiger partial charge is 0.354 e. The lowest BCUT2D eigenvalue weighted by atomic mass is 10.1. The molecule has 23 heavy (non-hydrogen) atoms. The van der Waals surface area contributed by atoms with Crippen molar-refractivity contribution in [1.82, 2.24) is 9.88 Å². The lowest BCUT2D eigenvalue weighted by Crippen LogP contribution is -2.47. The van der Waals surface area contributed by atoms with Crippen molar-refractivity contribution < 1.29 is 14.4 Å². The quantitative estimate of drug-likeness (QED) is 0.831. The van der Waals surface area contributed by atoms with Crippen LogP contribution in [0.5, 0.6) is 0 Å². The van der Waals surface area contributed by atoms with Crippen molar-refractivity contribution in [2.75, 3.05) is 43.8 Å². The molecule has 0 saturated carbocycles. The van der Waals surface area contributed by atoms with E-state index < -0.39 is 7.60 Å². The zero-order valence-corrected chi connectivity index (χ0v) is 14.1.